The summed E-state index contributed by atoms with van der Waals surface area (Å²) < 4.78 is 2.74. The molecule has 1 saturated heterocycles. The Morgan fingerprint density at radius 1 is 1.10 bits per heavy atom. The van der Waals surface area contributed by atoms with Crippen molar-refractivity contribution in [3.05, 3.63) is 48.1 Å². The van der Waals surface area contributed by atoms with E-state index in [-0.39, 0.29) is 0 Å². The molecular weight excluding hydrogens is 372 g/mol. The van der Waals surface area contributed by atoms with Gasteiger partial charge in [-0.25, -0.2) is 0 Å². The lowest BCUT2D eigenvalue weighted by atomic mass is 9.81. The van der Waals surface area contributed by atoms with Gasteiger partial charge in [0.25, 0.3) is 0 Å². The third-order valence-electron chi connectivity index (χ3n) is 7.68. The van der Waals surface area contributed by atoms with Crippen LogP contribution in [0.25, 0.3) is 5.57 Å². The SMILES string of the molecule is CCC1CC2C(c3ccc(N(C)C)cc3)=CC=CC2C1[Si](C)(C)N1CNCNC1. The molecule has 0 amide bonds. The molecule has 0 bridgehead atoms. The Balaban J connectivity index is 1.62. The minimum absolute atomic E-state index is 0.664. The maximum absolute atomic E-state index is 3.53. The van der Waals surface area contributed by atoms with Crippen molar-refractivity contribution in [2.24, 2.45) is 17.8 Å². The van der Waals surface area contributed by atoms with Crippen LogP contribution in [0.5, 0.6) is 0 Å². The zero-order valence-electron chi connectivity index (χ0n) is 18.8. The number of benzene rings is 1. The smallest absolute Gasteiger partial charge is 0.129 e. The number of anilines is 1. The average Bonchev–Trinajstić information content (AvgIpc) is 3.14. The lowest BCUT2D eigenvalue weighted by Crippen LogP contribution is -2.63. The first-order valence-electron chi connectivity index (χ1n) is 11.3. The normalized spacial score (nSPS) is 30.2. The van der Waals surface area contributed by atoms with Gasteiger partial charge in [-0.05, 0) is 53.0 Å². The molecule has 29 heavy (non-hydrogen) atoms. The average molecular weight is 411 g/mol. The summed E-state index contributed by atoms with van der Waals surface area (Å²) in [5, 5.41) is 7.07. The molecule has 4 atom stereocenters. The van der Waals surface area contributed by atoms with Gasteiger partial charge in [0.05, 0.1) is 0 Å². The largest absolute Gasteiger partial charge is 0.378 e. The van der Waals surface area contributed by atoms with Gasteiger partial charge in [-0.3, -0.25) is 15.2 Å². The summed E-state index contributed by atoms with van der Waals surface area (Å²) in [6.07, 6.45) is 9.91. The summed E-state index contributed by atoms with van der Waals surface area (Å²) in [7, 11) is 2.63. The van der Waals surface area contributed by atoms with Crippen LogP contribution in [-0.2, 0) is 0 Å². The van der Waals surface area contributed by atoms with Gasteiger partial charge in [-0.15, -0.1) is 0 Å². The van der Waals surface area contributed by atoms with Crippen LogP contribution in [-0.4, -0.2) is 46.9 Å². The maximum Gasteiger partial charge on any atom is 0.129 e. The molecule has 0 aromatic heterocycles. The number of hydrogen-bond donors (Lipinski definition) is 2. The zero-order chi connectivity index (χ0) is 20.6. The van der Waals surface area contributed by atoms with E-state index in [0.717, 1.165) is 31.5 Å². The molecule has 0 radical (unpaired) electrons. The Bertz CT molecular complexity index is 762. The number of hydrogen-bond acceptors (Lipinski definition) is 4. The molecule has 1 aromatic carbocycles. The van der Waals surface area contributed by atoms with E-state index >= 15 is 0 Å². The summed E-state index contributed by atoms with van der Waals surface area (Å²) in [6.45, 7) is 10.6. The van der Waals surface area contributed by atoms with Crippen molar-refractivity contribution < 1.29 is 0 Å². The van der Waals surface area contributed by atoms with E-state index < -0.39 is 8.24 Å². The number of nitrogens with one attached hydrogen (secondary N) is 2. The van der Waals surface area contributed by atoms with Gasteiger partial charge < -0.3 is 4.90 Å². The van der Waals surface area contributed by atoms with Gasteiger partial charge in [0.15, 0.2) is 0 Å². The molecule has 5 heteroatoms. The zero-order valence-corrected chi connectivity index (χ0v) is 19.8. The number of rotatable bonds is 5. The van der Waals surface area contributed by atoms with Gasteiger partial charge in [0.2, 0.25) is 0 Å². The fourth-order valence-electron chi connectivity index (χ4n) is 6.07. The van der Waals surface area contributed by atoms with Crippen LogP contribution in [0.3, 0.4) is 0 Å². The molecule has 1 heterocycles. The Morgan fingerprint density at radius 3 is 2.41 bits per heavy atom. The number of allylic oxidation sites excluding steroid dienone is 4. The molecule has 0 spiro atoms. The molecule has 4 rings (SSSR count). The molecule has 2 N–H and O–H groups in total. The van der Waals surface area contributed by atoms with Gasteiger partial charge in [0.1, 0.15) is 8.24 Å². The monoisotopic (exact) mass is 410 g/mol. The van der Waals surface area contributed by atoms with Crippen LogP contribution in [0.1, 0.15) is 25.3 Å². The lowest BCUT2D eigenvalue weighted by Gasteiger charge is -2.47. The van der Waals surface area contributed by atoms with Crippen LogP contribution in [0.15, 0.2) is 42.5 Å². The Labute approximate surface area is 178 Å². The second kappa shape index (κ2) is 8.38. The van der Waals surface area contributed by atoms with Crippen molar-refractivity contribution in [1.82, 2.24) is 15.2 Å². The number of nitrogens with zero attached hydrogens (tertiary/aromatic N) is 2. The standard InChI is InChI=1S/C24H38N4Si/c1-6-18-14-23-21(19-10-12-20(13-11-19)27(2)3)8-7-9-22(23)24(18)29(4,5)28-16-25-15-26-17-28/h7-13,18,22-26H,6,14-17H2,1-5H3. The minimum Gasteiger partial charge on any atom is -0.378 e. The lowest BCUT2D eigenvalue weighted by molar-refractivity contribution is 0.278. The highest BCUT2D eigenvalue weighted by molar-refractivity contribution is 6.76. The Hall–Kier alpha value is -1.40. The second-order valence-corrected chi connectivity index (χ2v) is 14.4. The van der Waals surface area contributed by atoms with Crippen molar-refractivity contribution in [3.63, 3.8) is 0 Å². The predicted octanol–water partition coefficient (Wildman–Crippen LogP) is 4.31. The van der Waals surface area contributed by atoms with E-state index in [0.29, 0.717) is 11.8 Å². The van der Waals surface area contributed by atoms with Crippen LogP contribution >= 0.6 is 0 Å². The molecule has 1 aromatic rings. The Kier molecular flexibility index (Phi) is 6.03. The highest BCUT2D eigenvalue weighted by Gasteiger charge is 2.52. The summed E-state index contributed by atoms with van der Waals surface area (Å²) in [5.74, 6) is 2.16. The molecule has 1 saturated carbocycles. The van der Waals surface area contributed by atoms with E-state index in [1.54, 1.807) is 5.57 Å². The predicted molar refractivity (Wildman–Crippen MR) is 127 cm³/mol. The van der Waals surface area contributed by atoms with Crippen LogP contribution in [0.4, 0.5) is 5.69 Å². The molecule has 2 aliphatic carbocycles. The first kappa shape index (κ1) is 20.9. The first-order valence-corrected chi connectivity index (χ1v) is 14.3. The van der Waals surface area contributed by atoms with Crippen molar-refractivity contribution in [2.45, 2.75) is 38.4 Å². The number of fused-ring (bicyclic) bond motifs is 1. The fourth-order valence-corrected chi connectivity index (χ4v) is 10.3. The highest BCUT2D eigenvalue weighted by Crippen LogP contribution is 2.58. The van der Waals surface area contributed by atoms with Crippen LogP contribution < -0.4 is 15.5 Å². The molecule has 4 nitrogen and oxygen atoms in total. The second-order valence-electron chi connectivity index (χ2n) is 9.75. The van der Waals surface area contributed by atoms with Crippen molar-refractivity contribution >= 4 is 19.5 Å². The van der Waals surface area contributed by atoms with Gasteiger partial charge in [-0.2, -0.15) is 0 Å². The molecular formula is C24H38N4Si. The van der Waals surface area contributed by atoms with E-state index in [1.165, 1.54) is 24.1 Å². The van der Waals surface area contributed by atoms with E-state index in [9.17, 15) is 0 Å². The van der Waals surface area contributed by atoms with Gasteiger partial charge in [-0.1, -0.05) is 56.8 Å². The van der Waals surface area contributed by atoms with E-state index in [4.69, 9.17) is 0 Å². The summed E-state index contributed by atoms with van der Waals surface area (Å²) in [6, 6.07) is 9.17. The first-order chi connectivity index (χ1) is 13.9. The van der Waals surface area contributed by atoms with E-state index in [1.807, 2.05) is 0 Å². The molecule has 3 aliphatic rings. The molecule has 2 fully saturated rings. The molecule has 158 valence electrons. The third-order valence-corrected chi connectivity index (χ3v) is 12.1. The minimum atomic E-state index is -1.59. The maximum atomic E-state index is 3.53. The summed E-state index contributed by atoms with van der Waals surface area (Å²) in [4.78, 5) is 2.18. The van der Waals surface area contributed by atoms with E-state index in [2.05, 4.69) is 96.7 Å². The van der Waals surface area contributed by atoms with Crippen molar-refractivity contribution in [2.75, 3.05) is 39.0 Å². The topological polar surface area (TPSA) is 30.5 Å². The highest BCUT2D eigenvalue weighted by atomic mass is 28.3. The third kappa shape index (κ3) is 3.86. The van der Waals surface area contributed by atoms with Gasteiger partial charge >= 0.3 is 0 Å². The molecule has 4 unspecified atom stereocenters. The summed E-state index contributed by atoms with van der Waals surface area (Å²) in [5.41, 5.74) is 5.04. The Morgan fingerprint density at radius 2 is 1.79 bits per heavy atom. The quantitative estimate of drug-likeness (QED) is 0.708. The van der Waals surface area contributed by atoms with Crippen LogP contribution in [0.2, 0.25) is 18.6 Å². The molecule has 1 aliphatic heterocycles. The fraction of sp³-hybridized carbons (Fsp3) is 0.583. The van der Waals surface area contributed by atoms with Crippen molar-refractivity contribution in [3.8, 4) is 0 Å². The van der Waals surface area contributed by atoms with Crippen LogP contribution in [0, 0.1) is 17.8 Å². The van der Waals surface area contributed by atoms with Gasteiger partial charge in [0, 0.05) is 39.8 Å². The van der Waals surface area contributed by atoms with Crippen molar-refractivity contribution in [1.29, 1.82) is 0 Å². The summed E-state index contributed by atoms with van der Waals surface area (Å²) >= 11 is 0.